The maximum absolute atomic E-state index is 12.5. The Balaban J connectivity index is 1.69. The Bertz CT molecular complexity index is 453. The molecule has 3 nitrogen and oxygen atoms in total. The van der Waals surface area contributed by atoms with Crippen molar-refractivity contribution in [3.8, 4) is 0 Å². The first-order chi connectivity index (χ1) is 9.24. The first-order valence-corrected chi connectivity index (χ1v) is 8.09. The van der Waals surface area contributed by atoms with Crippen molar-refractivity contribution >= 4 is 17.7 Å². The topological polar surface area (TPSA) is 32.3 Å². The van der Waals surface area contributed by atoms with E-state index in [-0.39, 0.29) is 11.9 Å². The third-order valence-electron chi connectivity index (χ3n) is 4.35. The lowest BCUT2D eigenvalue weighted by Gasteiger charge is -2.42. The summed E-state index contributed by atoms with van der Waals surface area (Å²) in [6, 6.07) is 9.85. The van der Waals surface area contributed by atoms with Crippen LogP contribution in [0.15, 0.2) is 30.3 Å². The molecule has 0 aromatic heterocycles. The molecular weight excluding hydrogens is 256 g/mol. The van der Waals surface area contributed by atoms with E-state index in [0.29, 0.717) is 11.4 Å². The van der Waals surface area contributed by atoms with Crippen LogP contribution in [0.4, 0.5) is 0 Å². The van der Waals surface area contributed by atoms with Crippen LogP contribution in [-0.4, -0.2) is 35.0 Å². The van der Waals surface area contributed by atoms with Crippen LogP contribution in [0.1, 0.15) is 30.9 Å². The number of nitrogens with one attached hydrogen (secondary N) is 1. The average Bonchev–Trinajstić information content (AvgIpc) is 2.76. The number of benzene rings is 1. The molecule has 1 heterocycles. The van der Waals surface area contributed by atoms with E-state index in [4.69, 9.17) is 0 Å². The minimum atomic E-state index is -0.153. The van der Waals surface area contributed by atoms with E-state index >= 15 is 0 Å². The SMILES string of the molecule is CSC1(CN2CNC(c3ccccc3)C2=O)CCC1. The molecule has 1 saturated carbocycles. The minimum Gasteiger partial charge on any atom is -0.327 e. The van der Waals surface area contributed by atoms with Gasteiger partial charge in [-0.1, -0.05) is 36.8 Å². The summed E-state index contributed by atoms with van der Waals surface area (Å²) in [5.41, 5.74) is 1.07. The van der Waals surface area contributed by atoms with Crippen molar-refractivity contribution < 1.29 is 4.79 Å². The van der Waals surface area contributed by atoms with Crippen molar-refractivity contribution in [3.63, 3.8) is 0 Å². The molecule has 0 radical (unpaired) electrons. The lowest BCUT2D eigenvalue weighted by molar-refractivity contribution is -0.129. The van der Waals surface area contributed by atoms with Crippen LogP contribution in [0.5, 0.6) is 0 Å². The summed E-state index contributed by atoms with van der Waals surface area (Å²) < 4.78 is 0.322. The van der Waals surface area contributed by atoms with Gasteiger partial charge in [0.15, 0.2) is 0 Å². The largest absolute Gasteiger partial charge is 0.327 e. The van der Waals surface area contributed by atoms with E-state index in [1.165, 1.54) is 19.3 Å². The Morgan fingerprint density at radius 1 is 1.37 bits per heavy atom. The first-order valence-electron chi connectivity index (χ1n) is 6.86. The van der Waals surface area contributed by atoms with Crippen molar-refractivity contribution in [2.24, 2.45) is 0 Å². The van der Waals surface area contributed by atoms with Crippen molar-refractivity contribution in [2.45, 2.75) is 30.1 Å². The van der Waals surface area contributed by atoms with Crippen molar-refractivity contribution in [2.75, 3.05) is 19.5 Å². The van der Waals surface area contributed by atoms with E-state index in [1.807, 2.05) is 47.0 Å². The number of hydrogen-bond acceptors (Lipinski definition) is 3. The van der Waals surface area contributed by atoms with E-state index in [1.54, 1.807) is 0 Å². The number of thioether (sulfide) groups is 1. The van der Waals surface area contributed by atoms with Gasteiger partial charge in [-0.2, -0.15) is 11.8 Å². The standard InChI is InChI=1S/C15H20N2OS/c1-19-15(8-5-9-15)10-17-11-16-13(14(17)18)12-6-3-2-4-7-12/h2-4,6-7,13,16H,5,8-11H2,1H3. The number of carbonyl (C=O) groups excluding carboxylic acids is 1. The second kappa shape index (κ2) is 5.17. The highest BCUT2D eigenvalue weighted by Gasteiger charge is 2.42. The van der Waals surface area contributed by atoms with E-state index in [0.717, 1.165) is 12.1 Å². The van der Waals surface area contributed by atoms with Crippen molar-refractivity contribution in [1.82, 2.24) is 10.2 Å². The second-order valence-electron chi connectivity index (χ2n) is 5.48. The molecule has 1 N–H and O–H groups in total. The molecular formula is C15H20N2OS. The number of amides is 1. The van der Waals surface area contributed by atoms with Crippen LogP contribution < -0.4 is 5.32 Å². The molecule has 4 heteroatoms. The summed E-state index contributed by atoms with van der Waals surface area (Å²) >= 11 is 1.92. The molecule has 1 aromatic rings. The smallest absolute Gasteiger partial charge is 0.245 e. The Hall–Kier alpha value is -1.00. The molecule has 1 unspecified atom stereocenters. The van der Waals surface area contributed by atoms with Gasteiger partial charge in [0.25, 0.3) is 0 Å². The molecule has 1 saturated heterocycles. The van der Waals surface area contributed by atoms with Gasteiger partial charge in [-0.15, -0.1) is 0 Å². The third-order valence-corrected chi connectivity index (χ3v) is 5.76. The van der Waals surface area contributed by atoms with Gasteiger partial charge < -0.3 is 4.90 Å². The minimum absolute atomic E-state index is 0.153. The highest BCUT2D eigenvalue weighted by atomic mass is 32.2. The van der Waals surface area contributed by atoms with Crippen LogP contribution in [0.25, 0.3) is 0 Å². The van der Waals surface area contributed by atoms with Crippen LogP contribution in [0.2, 0.25) is 0 Å². The summed E-state index contributed by atoms with van der Waals surface area (Å²) in [4.78, 5) is 14.5. The molecule has 102 valence electrons. The normalized spacial score (nSPS) is 25.4. The van der Waals surface area contributed by atoms with Crippen molar-refractivity contribution in [1.29, 1.82) is 0 Å². The Kier molecular flexibility index (Phi) is 3.54. The maximum atomic E-state index is 12.5. The second-order valence-corrected chi connectivity index (χ2v) is 6.76. The molecule has 0 bridgehead atoms. The Morgan fingerprint density at radius 2 is 2.11 bits per heavy atom. The summed E-state index contributed by atoms with van der Waals surface area (Å²) in [6.45, 7) is 1.57. The number of carbonyl (C=O) groups is 1. The molecule has 2 fully saturated rings. The lowest BCUT2D eigenvalue weighted by Crippen LogP contribution is -2.46. The molecule has 1 amide bonds. The van der Waals surface area contributed by atoms with E-state index in [9.17, 15) is 4.79 Å². The summed E-state index contributed by atoms with van der Waals surface area (Å²) in [5, 5.41) is 3.33. The molecule has 1 aromatic carbocycles. The maximum Gasteiger partial charge on any atom is 0.245 e. The quantitative estimate of drug-likeness (QED) is 0.916. The monoisotopic (exact) mass is 276 g/mol. The fraction of sp³-hybridized carbons (Fsp3) is 0.533. The zero-order valence-corrected chi connectivity index (χ0v) is 12.1. The third kappa shape index (κ3) is 2.39. The van der Waals surface area contributed by atoms with E-state index < -0.39 is 0 Å². The fourth-order valence-corrected chi connectivity index (χ4v) is 3.92. The fourth-order valence-electron chi connectivity index (χ4n) is 2.93. The Morgan fingerprint density at radius 3 is 2.68 bits per heavy atom. The highest BCUT2D eigenvalue weighted by molar-refractivity contribution is 8.00. The molecule has 1 atom stereocenters. The summed E-state index contributed by atoms with van der Waals surface area (Å²) in [7, 11) is 0. The zero-order chi connectivity index (χ0) is 13.3. The van der Waals surface area contributed by atoms with Gasteiger partial charge in [-0.25, -0.2) is 0 Å². The van der Waals surface area contributed by atoms with Gasteiger partial charge in [-0.3, -0.25) is 10.1 Å². The van der Waals surface area contributed by atoms with Crippen LogP contribution in [0, 0.1) is 0 Å². The van der Waals surface area contributed by atoms with Crippen molar-refractivity contribution in [3.05, 3.63) is 35.9 Å². The van der Waals surface area contributed by atoms with Gasteiger partial charge >= 0.3 is 0 Å². The van der Waals surface area contributed by atoms with E-state index in [2.05, 4.69) is 11.6 Å². The van der Waals surface area contributed by atoms with Gasteiger partial charge in [-0.05, 0) is 24.7 Å². The molecule has 19 heavy (non-hydrogen) atoms. The van der Waals surface area contributed by atoms with Gasteiger partial charge in [0, 0.05) is 11.3 Å². The molecule has 3 rings (SSSR count). The van der Waals surface area contributed by atoms with Crippen LogP contribution in [-0.2, 0) is 4.79 Å². The number of nitrogens with zero attached hydrogens (tertiary/aromatic N) is 1. The highest BCUT2D eigenvalue weighted by Crippen LogP contribution is 2.43. The molecule has 1 aliphatic carbocycles. The summed E-state index contributed by atoms with van der Waals surface area (Å²) in [5.74, 6) is 0.228. The summed E-state index contributed by atoms with van der Waals surface area (Å²) in [6.07, 6.45) is 5.96. The zero-order valence-electron chi connectivity index (χ0n) is 11.3. The molecule has 2 aliphatic rings. The lowest BCUT2D eigenvalue weighted by atomic mass is 9.84. The van der Waals surface area contributed by atoms with Gasteiger partial charge in [0.05, 0.1) is 6.67 Å². The van der Waals surface area contributed by atoms with Gasteiger partial charge in [0.1, 0.15) is 6.04 Å². The average molecular weight is 276 g/mol. The number of rotatable bonds is 4. The van der Waals surface area contributed by atoms with Crippen LogP contribution in [0.3, 0.4) is 0 Å². The Labute approximate surface area is 118 Å². The molecule has 0 spiro atoms. The first kappa shape index (κ1) is 13.0. The molecule has 1 aliphatic heterocycles. The number of hydrogen-bond donors (Lipinski definition) is 1. The predicted molar refractivity (Wildman–Crippen MR) is 79.0 cm³/mol. The van der Waals surface area contributed by atoms with Crippen LogP contribution >= 0.6 is 11.8 Å². The predicted octanol–water partition coefficient (Wildman–Crippen LogP) is 2.40. The van der Waals surface area contributed by atoms with Gasteiger partial charge in [0.2, 0.25) is 5.91 Å².